The van der Waals surface area contributed by atoms with Crippen LogP contribution in [0.4, 0.5) is 4.20 Å². The Morgan fingerprint density at radius 1 is 1.50 bits per heavy atom. The molecule has 0 saturated carbocycles. The smallest absolute Gasteiger partial charge is 0.305 e. The molecule has 0 N–H and O–H groups in total. The van der Waals surface area contributed by atoms with Crippen molar-refractivity contribution in [3.8, 4) is 0 Å². The molecule has 0 spiro atoms. The lowest BCUT2D eigenvalue weighted by Crippen LogP contribution is -2.02. The molecule has 0 aliphatic rings. The van der Waals surface area contributed by atoms with Gasteiger partial charge in [-0.05, 0) is 12.3 Å². The van der Waals surface area contributed by atoms with Gasteiger partial charge in [-0.2, -0.15) is 4.20 Å². The van der Waals surface area contributed by atoms with E-state index in [4.69, 9.17) is 4.52 Å². The van der Waals surface area contributed by atoms with Crippen LogP contribution in [0.25, 0.3) is 0 Å². The Hall–Kier alpha value is 0.120. The maximum absolute atomic E-state index is 12.9. The Bertz CT molecular complexity index is 161. The van der Waals surface area contributed by atoms with Gasteiger partial charge in [-0.3, -0.25) is 4.57 Å². The third-order valence-electron chi connectivity index (χ3n) is 1.74. The molecule has 2 nitrogen and oxygen atoms in total. The second kappa shape index (κ2) is 5.71. The SMILES string of the molecule is CCCP(=O)(F)OCC(C)CC. The Labute approximate surface area is 74.1 Å². The normalized spacial score (nSPS) is 18.7. The Morgan fingerprint density at radius 2 is 2.08 bits per heavy atom. The van der Waals surface area contributed by atoms with Crippen LogP contribution in [0.15, 0.2) is 0 Å². The molecule has 0 amide bonds. The van der Waals surface area contributed by atoms with Crippen LogP contribution in [-0.2, 0) is 9.09 Å². The van der Waals surface area contributed by atoms with Gasteiger partial charge in [-0.1, -0.05) is 27.2 Å². The predicted molar refractivity (Wildman–Crippen MR) is 49.3 cm³/mol. The van der Waals surface area contributed by atoms with E-state index in [9.17, 15) is 8.76 Å². The van der Waals surface area contributed by atoms with E-state index >= 15 is 0 Å². The van der Waals surface area contributed by atoms with Crippen molar-refractivity contribution in [2.45, 2.75) is 33.6 Å². The maximum Gasteiger partial charge on any atom is 0.367 e. The van der Waals surface area contributed by atoms with E-state index in [1.165, 1.54) is 0 Å². The average Bonchev–Trinajstić information content (AvgIpc) is 2.00. The maximum atomic E-state index is 12.9. The van der Waals surface area contributed by atoms with E-state index in [2.05, 4.69) is 0 Å². The first-order valence-electron chi connectivity index (χ1n) is 4.45. The monoisotopic (exact) mass is 196 g/mol. The molecule has 74 valence electrons. The summed E-state index contributed by atoms with van der Waals surface area (Å²) in [5, 5.41) is 0. The minimum absolute atomic E-state index is 0.0451. The quantitative estimate of drug-likeness (QED) is 0.606. The third kappa shape index (κ3) is 5.73. The van der Waals surface area contributed by atoms with Gasteiger partial charge in [-0.15, -0.1) is 0 Å². The lowest BCUT2D eigenvalue weighted by atomic mass is 10.1. The molecule has 2 unspecified atom stereocenters. The zero-order valence-corrected chi connectivity index (χ0v) is 8.94. The molecule has 0 aliphatic heterocycles. The molecule has 0 saturated heterocycles. The standard InChI is InChI=1S/C8H18FO2P/c1-4-6-12(9,10)11-7-8(3)5-2/h8H,4-7H2,1-3H3. The Balaban J connectivity index is 3.67. The number of rotatable bonds is 6. The van der Waals surface area contributed by atoms with E-state index in [-0.39, 0.29) is 18.7 Å². The van der Waals surface area contributed by atoms with Gasteiger partial charge >= 0.3 is 7.68 Å². The first-order chi connectivity index (χ1) is 5.52. The average molecular weight is 196 g/mol. The minimum atomic E-state index is -3.76. The van der Waals surface area contributed by atoms with Gasteiger partial charge in [0.05, 0.1) is 12.8 Å². The summed E-state index contributed by atoms with van der Waals surface area (Å²) in [6.45, 7) is 6.01. The molecule has 0 aromatic heterocycles. The summed E-state index contributed by atoms with van der Waals surface area (Å²) in [4.78, 5) is 0. The minimum Gasteiger partial charge on any atom is -0.305 e. The summed E-state index contributed by atoms with van der Waals surface area (Å²) in [7, 11) is -3.76. The lowest BCUT2D eigenvalue weighted by molar-refractivity contribution is 0.238. The topological polar surface area (TPSA) is 26.3 Å². The number of hydrogen-bond donors (Lipinski definition) is 0. The summed E-state index contributed by atoms with van der Waals surface area (Å²) in [6, 6.07) is 0. The van der Waals surface area contributed by atoms with E-state index in [1.54, 1.807) is 6.92 Å². The summed E-state index contributed by atoms with van der Waals surface area (Å²) in [5.74, 6) is 0.283. The molecule has 0 rings (SSSR count). The van der Waals surface area contributed by atoms with Gasteiger partial charge in [0.1, 0.15) is 0 Å². The van der Waals surface area contributed by atoms with Gasteiger partial charge < -0.3 is 4.52 Å². The molecule has 0 aliphatic carbocycles. The fourth-order valence-electron chi connectivity index (χ4n) is 0.688. The summed E-state index contributed by atoms with van der Waals surface area (Å²) in [5.41, 5.74) is 0. The first kappa shape index (κ1) is 12.1. The van der Waals surface area contributed by atoms with Gasteiger partial charge in [0, 0.05) is 0 Å². The summed E-state index contributed by atoms with van der Waals surface area (Å²) >= 11 is 0. The zero-order valence-electron chi connectivity index (χ0n) is 8.05. The van der Waals surface area contributed by atoms with E-state index in [1.807, 2.05) is 13.8 Å². The van der Waals surface area contributed by atoms with Crippen molar-refractivity contribution < 1.29 is 13.3 Å². The van der Waals surface area contributed by atoms with Gasteiger partial charge in [0.15, 0.2) is 0 Å². The van der Waals surface area contributed by atoms with Crippen molar-refractivity contribution in [2.75, 3.05) is 12.8 Å². The molecule has 0 radical (unpaired) electrons. The second-order valence-electron chi connectivity index (χ2n) is 3.12. The molecule has 0 bridgehead atoms. The van der Waals surface area contributed by atoms with Gasteiger partial charge in [-0.25, -0.2) is 0 Å². The van der Waals surface area contributed by atoms with Crippen molar-refractivity contribution in [3.05, 3.63) is 0 Å². The van der Waals surface area contributed by atoms with Crippen LogP contribution in [0.3, 0.4) is 0 Å². The molecular weight excluding hydrogens is 178 g/mol. The highest BCUT2D eigenvalue weighted by Crippen LogP contribution is 2.49. The molecule has 0 heterocycles. The largest absolute Gasteiger partial charge is 0.367 e. The Kier molecular flexibility index (Phi) is 5.77. The second-order valence-corrected chi connectivity index (χ2v) is 5.01. The van der Waals surface area contributed by atoms with Crippen LogP contribution >= 0.6 is 7.68 Å². The molecule has 2 atom stereocenters. The first-order valence-corrected chi connectivity index (χ1v) is 6.15. The molecule has 4 heteroatoms. The van der Waals surface area contributed by atoms with Crippen LogP contribution in [0.5, 0.6) is 0 Å². The highest BCUT2D eigenvalue weighted by Gasteiger charge is 2.20. The van der Waals surface area contributed by atoms with Crippen LogP contribution in [-0.4, -0.2) is 12.8 Å². The summed E-state index contributed by atoms with van der Waals surface area (Å²) in [6.07, 6.45) is 1.53. The number of hydrogen-bond acceptors (Lipinski definition) is 2. The van der Waals surface area contributed by atoms with Crippen molar-refractivity contribution in [3.63, 3.8) is 0 Å². The van der Waals surface area contributed by atoms with E-state index in [0.717, 1.165) is 6.42 Å². The molecule has 0 fully saturated rings. The molecule has 0 aromatic carbocycles. The van der Waals surface area contributed by atoms with E-state index < -0.39 is 7.68 Å². The van der Waals surface area contributed by atoms with Gasteiger partial charge in [0.25, 0.3) is 0 Å². The van der Waals surface area contributed by atoms with Gasteiger partial charge in [0.2, 0.25) is 0 Å². The molecule has 0 aromatic rings. The Morgan fingerprint density at radius 3 is 2.50 bits per heavy atom. The van der Waals surface area contributed by atoms with Crippen LogP contribution in [0.1, 0.15) is 33.6 Å². The highest BCUT2D eigenvalue weighted by molar-refractivity contribution is 7.53. The third-order valence-corrected chi connectivity index (χ3v) is 3.26. The molecule has 12 heavy (non-hydrogen) atoms. The fourth-order valence-corrected chi connectivity index (χ4v) is 1.83. The van der Waals surface area contributed by atoms with Crippen molar-refractivity contribution in [1.29, 1.82) is 0 Å². The van der Waals surface area contributed by atoms with Crippen LogP contribution in [0, 0.1) is 5.92 Å². The van der Waals surface area contributed by atoms with Crippen LogP contribution < -0.4 is 0 Å². The van der Waals surface area contributed by atoms with Crippen molar-refractivity contribution >= 4 is 7.68 Å². The van der Waals surface area contributed by atoms with Crippen molar-refractivity contribution in [2.24, 2.45) is 5.92 Å². The number of halogens is 1. The van der Waals surface area contributed by atoms with Crippen LogP contribution in [0.2, 0.25) is 0 Å². The predicted octanol–water partition coefficient (Wildman–Crippen LogP) is 3.62. The summed E-state index contributed by atoms with van der Waals surface area (Å²) < 4.78 is 28.6. The van der Waals surface area contributed by atoms with Crippen molar-refractivity contribution in [1.82, 2.24) is 0 Å². The van der Waals surface area contributed by atoms with E-state index in [0.29, 0.717) is 6.42 Å². The fraction of sp³-hybridized carbons (Fsp3) is 1.00. The lowest BCUT2D eigenvalue weighted by Gasteiger charge is -2.12. The zero-order chi connectivity index (χ0) is 9.61. The highest BCUT2D eigenvalue weighted by atomic mass is 31.2. The molecular formula is C8H18FO2P.